The highest BCUT2D eigenvalue weighted by Gasteiger charge is 2.34. The maximum absolute atomic E-state index is 12.6. The summed E-state index contributed by atoms with van der Waals surface area (Å²) in [5.74, 6) is 0.215. The van der Waals surface area contributed by atoms with Gasteiger partial charge in [0.2, 0.25) is 5.91 Å². The second-order valence-corrected chi connectivity index (χ2v) is 8.41. The second-order valence-electron chi connectivity index (χ2n) is 8.41. The van der Waals surface area contributed by atoms with Crippen LogP contribution in [0.5, 0.6) is 0 Å². The molecule has 26 heavy (non-hydrogen) atoms. The van der Waals surface area contributed by atoms with Crippen LogP contribution in [0.1, 0.15) is 69.9 Å². The van der Waals surface area contributed by atoms with Crippen molar-refractivity contribution in [3.63, 3.8) is 0 Å². The average Bonchev–Trinajstić information content (AvgIpc) is 2.69. The van der Waals surface area contributed by atoms with E-state index in [4.69, 9.17) is 5.73 Å². The maximum Gasteiger partial charge on any atom is 0.220 e. The number of piperidine rings is 1. The molecule has 2 aliphatic rings. The lowest BCUT2D eigenvalue weighted by Gasteiger charge is -2.38. The largest absolute Gasteiger partial charge is 0.353 e. The van der Waals surface area contributed by atoms with E-state index in [9.17, 15) is 4.79 Å². The summed E-state index contributed by atoms with van der Waals surface area (Å²) in [6.45, 7) is 5.02. The van der Waals surface area contributed by atoms with Crippen molar-refractivity contribution in [1.82, 2.24) is 10.2 Å². The topological polar surface area (TPSA) is 58.4 Å². The van der Waals surface area contributed by atoms with Crippen LogP contribution in [-0.4, -0.2) is 36.5 Å². The Morgan fingerprint density at radius 2 is 1.85 bits per heavy atom. The van der Waals surface area contributed by atoms with E-state index in [0.717, 1.165) is 38.8 Å². The van der Waals surface area contributed by atoms with Crippen molar-refractivity contribution in [2.75, 3.05) is 19.6 Å². The molecule has 4 nitrogen and oxygen atoms in total. The minimum Gasteiger partial charge on any atom is -0.353 e. The first-order valence-electron chi connectivity index (χ1n) is 10.4. The Labute approximate surface area is 158 Å². The molecule has 3 rings (SSSR count). The van der Waals surface area contributed by atoms with Crippen LogP contribution in [0.3, 0.4) is 0 Å². The number of nitrogens with one attached hydrogen (secondary N) is 1. The average molecular weight is 358 g/mol. The molecule has 1 aromatic carbocycles. The van der Waals surface area contributed by atoms with Crippen LogP contribution < -0.4 is 11.1 Å². The number of benzene rings is 1. The van der Waals surface area contributed by atoms with Crippen molar-refractivity contribution in [3.05, 3.63) is 35.9 Å². The zero-order chi connectivity index (χ0) is 18.4. The predicted molar refractivity (Wildman–Crippen MR) is 107 cm³/mol. The third-order valence-corrected chi connectivity index (χ3v) is 6.61. The lowest BCUT2D eigenvalue weighted by Crippen LogP contribution is -2.47. The van der Waals surface area contributed by atoms with Crippen LogP contribution in [-0.2, 0) is 4.79 Å². The Morgan fingerprint density at radius 3 is 2.46 bits per heavy atom. The zero-order valence-corrected chi connectivity index (χ0v) is 16.3. The van der Waals surface area contributed by atoms with Crippen LogP contribution >= 0.6 is 0 Å². The van der Waals surface area contributed by atoms with Crippen LogP contribution in [0.25, 0.3) is 0 Å². The Balaban J connectivity index is 1.45. The Hall–Kier alpha value is -1.39. The number of nitrogens with two attached hydrogens (primary N) is 1. The number of rotatable bonds is 6. The van der Waals surface area contributed by atoms with Gasteiger partial charge < -0.3 is 11.1 Å². The van der Waals surface area contributed by atoms with E-state index in [1.807, 2.05) is 0 Å². The highest BCUT2D eigenvalue weighted by Crippen LogP contribution is 2.38. The van der Waals surface area contributed by atoms with E-state index in [1.165, 1.54) is 24.8 Å². The van der Waals surface area contributed by atoms with Gasteiger partial charge in [-0.3, -0.25) is 9.69 Å². The van der Waals surface area contributed by atoms with Crippen molar-refractivity contribution in [2.45, 2.75) is 70.4 Å². The Morgan fingerprint density at radius 1 is 1.19 bits per heavy atom. The first-order valence-corrected chi connectivity index (χ1v) is 10.4. The van der Waals surface area contributed by atoms with E-state index in [1.54, 1.807) is 0 Å². The van der Waals surface area contributed by atoms with E-state index in [2.05, 4.69) is 47.5 Å². The van der Waals surface area contributed by atoms with Crippen LogP contribution in [0.2, 0.25) is 0 Å². The van der Waals surface area contributed by atoms with Gasteiger partial charge in [0.1, 0.15) is 0 Å². The second kappa shape index (κ2) is 9.01. The molecule has 1 heterocycles. The standard InChI is InChI=1S/C22H35N3O/c1-18(19-8-4-2-5-9-19)25-14-10-20(11-15-25)24-21(26)16-22(17-23)12-6-3-7-13-22/h2,4-5,8-9,18,20H,3,6-7,10-17,23H2,1H3,(H,24,26). The lowest BCUT2D eigenvalue weighted by molar-refractivity contribution is -0.125. The van der Waals surface area contributed by atoms with Gasteiger partial charge in [-0.15, -0.1) is 0 Å². The van der Waals surface area contributed by atoms with Gasteiger partial charge in [0, 0.05) is 31.6 Å². The molecule has 2 fully saturated rings. The number of carbonyl (C=O) groups excluding carboxylic acids is 1. The van der Waals surface area contributed by atoms with Crippen molar-refractivity contribution in [2.24, 2.45) is 11.1 Å². The predicted octanol–water partition coefficient (Wildman–Crippen LogP) is 3.63. The first-order chi connectivity index (χ1) is 12.6. The molecular formula is C22H35N3O. The smallest absolute Gasteiger partial charge is 0.220 e. The molecule has 0 spiro atoms. The molecule has 0 radical (unpaired) electrons. The number of amides is 1. The lowest BCUT2D eigenvalue weighted by atomic mass is 9.71. The van der Waals surface area contributed by atoms with Gasteiger partial charge in [0.15, 0.2) is 0 Å². The van der Waals surface area contributed by atoms with Crippen molar-refractivity contribution < 1.29 is 4.79 Å². The third-order valence-electron chi connectivity index (χ3n) is 6.61. The van der Waals surface area contributed by atoms with E-state index in [-0.39, 0.29) is 11.3 Å². The van der Waals surface area contributed by atoms with E-state index in [0.29, 0.717) is 25.0 Å². The third kappa shape index (κ3) is 4.86. The van der Waals surface area contributed by atoms with Gasteiger partial charge in [-0.1, -0.05) is 49.6 Å². The fraction of sp³-hybridized carbons (Fsp3) is 0.682. The SMILES string of the molecule is CC(c1ccccc1)N1CCC(NC(=O)CC2(CN)CCCCC2)CC1. The van der Waals surface area contributed by atoms with Gasteiger partial charge in [-0.2, -0.15) is 0 Å². The molecule has 144 valence electrons. The molecule has 1 saturated heterocycles. The normalized spacial score (nSPS) is 22.7. The highest BCUT2D eigenvalue weighted by atomic mass is 16.1. The molecule has 0 bridgehead atoms. The number of carbonyl (C=O) groups is 1. The van der Waals surface area contributed by atoms with Crippen molar-refractivity contribution >= 4 is 5.91 Å². The zero-order valence-electron chi connectivity index (χ0n) is 16.3. The minimum atomic E-state index is 0.0604. The van der Waals surface area contributed by atoms with Gasteiger partial charge in [0.05, 0.1) is 0 Å². The van der Waals surface area contributed by atoms with E-state index < -0.39 is 0 Å². The van der Waals surface area contributed by atoms with Gasteiger partial charge in [0.25, 0.3) is 0 Å². The number of hydrogen-bond acceptors (Lipinski definition) is 3. The summed E-state index contributed by atoms with van der Waals surface area (Å²) in [6, 6.07) is 11.5. The molecule has 0 aromatic heterocycles. The van der Waals surface area contributed by atoms with Crippen molar-refractivity contribution in [1.29, 1.82) is 0 Å². The highest BCUT2D eigenvalue weighted by molar-refractivity contribution is 5.77. The summed E-state index contributed by atoms with van der Waals surface area (Å²) in [7, 11) is 0. The molecule has 4 heteroatoms. The summed E-state index contributed by atoms with van der Waals surface area (Å²) in [5, 5.41) is 3.30. The van der Waals surface area contributed by atoms with Crippen molar-refractivity contribution in [3.8, 4) is 0 Å². The van der Waals surface area contributed by atoms with Gasteiger partial charge >= 0.3 is 0 Å². The quantitative estimate of drug-likeness (QED) is 0.817. The summed E-state index contributed by atoms with van der Waals surface area (Å²) in [5.41, 5.74) is 7.47. The summed E-state index contributed by atoms with van der Waals surface area (Å²) in [6.07, 6.45) is 8.66. The fourth-order valence-corrected chi connectivity index (χ4v) is 4.75. The molecule has 1 unspecified atom stereocenters. The number of likely N-dealkylation sites (tertiary alicyclic amines) is 1. The molecule has 1 amide bonds. The summed E-state index contributed by atoms with van der Waals surface area (Å²) < 4.78 is 0. The van der Waals surface area contributed by atoms with Crippen LogP contribution in [0, 0.1) is 5.41 Å². The number of nitrogens with zero attached hydrogens (tertiary/aromatic N) is 1. The molecule has 1 atom stereocenters. The van der Waals surface area contributed by atoms with Crippen LogP contribution in [0.15, 0.2) is 30.3 Å². The first kappa shape index (κ1) is 19.4. The Bertz CT molecular complexity index is 560. The molecule has 1 aromatic rings. The minimum absolute atomic E-state index is 0.0604. The molecule has 1 saturated carbocycles. The molecular weight excluding hydrogens is 322 g/mol. The van der Waals surface area contributed by atoms with E-state index >= 15 is 0 Å². The van der Waals surface area contributed by atoms with Gasteiger partial charge in [-0.25, -0.2) is 0 Å². The molecule has 1 aliphatic heterocycles. The summed E-state index contributed by atoms with van der Waals surface area (Å²) >= 11 is 0. The van der Waals surface area contributed by atoms with Gasteiger partial charge in [-0.05, 0) is 50.1 Å². The molecule has 1 aliphatic carbocycles. The molecule has 3 N–H and O–H groups in total. The fourth-order valence-electron chi connectivity index (χ4n) is 4.75. The Kier molecular flexibility index (Phi) is 6.71. The number of hydrogen-bond donors (Lipinski definition) is 2. The van der Waals surface area contributed by atoms with Crippen LogP contribution in [0.4, 0.5) is 0 Å². The maximum atomic E-state index is 12.6. The monoisotopic (exact) mass is 357 g/mol. The summed E-state index contributed by atoms with van der Waals surface area (Å²) in [4.78, 5) is 15.1.